The number of halogens is 1. The molecule has 1 aromatic rings. The van der Waals surface area contributed by atoms with Crippen molar-refractivity contribution in [2.24, 2.45) is 0 Å². The Labute approximate surface area is 116 Å². The first-order valence-electron chi connectivity index (χ1n) is 5.83. The lowest BCUT2D eigenvalue weighted by atomic mass is 10.2. The molecule has 0 radical (unpaired) electrons. The lowest BCUT2D eigenvalue weighted by Crippen LogP contribution is -2.38. The predicted molar refractivity (Wildman–Crippen MR) is 70.2 cm³/mol. The Morgan fingerprint density at radius 2 is 2.47 bits per heavy atom. The SMILES string of the molecule is Cl.O=C(Cn1ccc([N+](=O)[O-])n1)NCC1CCCN1. The van der Waals surface area contributed by atoms with Gasteiger partial charge in [-0.15, -0.1) is 12.4 Å². The fourth-order valence-electron chi connectivity index (χ4n) is 1.91. The summed E-state index contributed by atoms with van der Waals surface area (Å²) in [5.74, 6) is -0.443. The number of aromatic nitrogens is 2. The van der Waals surface area contributed by atoms with Crippen LogP contribution in [0.25, 0.3) is 0 Å². The number of carbonyl (C=O) groups excluding carboxylic acids is 1. The van der Waals surface area contributed by atoms with Crippen molar-refractivity contribution in [2.45, 2.75) is 25.4 Å². The van der Waals surface area contributed by atoms with Crippen LogP contribution >= 0.6 is 12.4 Å². The summed E-state index contributed by atoms with van der Waals surface area (Å²) >= 11 is 0. The van der Waals surface area contributed by atoms with E-state index in [9.17, 15) is 14.9 Å². The Morgan fingerprint density at radius 3 is 3.05 bits per heavy atom. The van der Waals surface area contributed by atoms with Crippen LogP contribution in [0.2, 0.25) is 0 Å². The summed E-state index contributed by atoms with van der Waals surface area (Å²) in [7, 11) is 0. The molecule has 1 aliphatic rings. The van der Waals surface area contributed by atoms with Crippen molar-refractivity contribution in [1.29, 1.82) is 0 Å². The van der Waals surface area contributed by atoms with Gasteiger partial charge in [-0.05, 0) is 24.3 Å². The molecule has 9 heteroatoms. The molecule has 19 heavy (non-hydrogen) atoms. The topological polar surface area (TPSA) is 102 Å². The Balaban J connectivity index is 0.00000180. The first-order valence-corrected chi connectivity index (χ1v) is 5.83. The summed E-state index contributed by atoms with van der Waals surface area (Å²) in [6, 6.07) is 1.60. The van der Waals surface area contributed by atoms with Gasteiger partial charge in [-0.25, -0.2) is 0 Å². The molecule has 1 aliphatic heterocycles. The summed E-state index contributed by atoms with van der Waals surface area (Å²) in [5, 5.41) is 20.1. The van der Waals surface area contributed by atoms with Gasteiger partial charge in [0.25, 0.3) is 0 Å². The monoisotopic (exact) mass is 289 g/mol. The van der Waals surface area contributed by atoms with E-state index in [-0.39, 0.29) is 30.7 Å². The number of hydrogen-bond acceptors (Lipinski definition) is 5. The van der Waals surface area contributed by atoms with Gasteiger partial charge in [-0.2, -0.15) is 4.68 Å². The molecular weight excluding hydrogens is 274 g/mol. The molecule has 1 atom stereocenters. The average Bonchev–Trinajstić information content (AvgIpc) is 2.96. The molecule has 2 heterocycles. The zero-order valence-corrected chi connectivity index (χ0v) is 11.1. The van der Waals surface area contributed by atoms with E-state index in [1.165, 1.54) is 16.9 Å². The Hall–Kier alpha value is -1.67. The molecule has 0 bridgehead atoms. The van der Waals surface area contributed by atoms with Gasteiger partial charge in [0.15, 0.2) is 0 Å². The summed E-state index contributed by atoms with van der Waals surface area (Å²) < 4.78 is 1.26. The van der Waals surface area contributed by atoms with E-state index in [1.807, 2.05) is 0 Å². The molecule has 0 saturated carbocycles. The van der Waals surface area contributed by atoms with E-state index < -0.39 is 4.92 Å². The molecule has 0 aliphatic carbocycles. The second-order valence-corrected chi connectivity index (χ2v) is 4.23. The van der Waals surface area contributed by atoms with Gasteiger partial charge in [0, 0.05) is 12.6 Å². The quantitative estimate of drug-likeness (QED) is 0.590. The summed E-state index contributed by atoms with van der Waals surface area (Å²) in [4.78, 5) is 21.4. The molecule has 1 amide bonds. The van der Waals surface area contributed by atoms with Crippen molar-refractivity contribution < 1.29 is 9.72 Å². The number of carbonyl (C=O) groups is 1. The average molecular weight is 290 g/mol. The maximum absolute atomic E-state index is 11.6. The molecular formula is C10H16ClN5O3. The Bertz CT molecular complexity index is 444. The van der Waals surface area contributed by atoms with Gasteiger partial charge in [0.05, 0.1) is 17.4 Å². The maximum atomic E-state index is 11.6. The highest BCUT2D eigenvalue weighted by atomic mass is 35.5. The zero-order chi connectivity index (χ0) is 13.0. The fourth-order valence-corrected chi connectivity index (χ4v) is 1.91. The summed E-state index contributed by atoms with van der Waals surface area (Å²) in [6.07, 6.45) is 3.62. The van der Waals surface area contributed by atoms with Crippen LogP contribution in [-0.2, 0) is 11.3 Å². The minimum absolute atomic E-state index is 0. The van der Waals surface area contributed by atoms with Crippen LogP contribution in [0.3, 0.4) is 0 Å². The largest absolute Gasteiger partial charge is 0.389 e. The maximum Gasteiger partial charge on any atom is 0.389 e. The Kier molecular flexibility index (Phi) is 5.71. The molecule has 0 aromatic carbocycles. The second kappa shape index (κ2) is 7.05. The highest BCUT2D eigenvalue weighted by molar-refractivity contribution is 5.85. The van der Waals surface area contributed by atoms with Crippen molar-refractivity contribution in [3.63, 3.8) is 0 Å². The predicted octanol–water partition coefficient (Wildman–Crippen LogP) is 0.0813. The third-order valence-electron chi connectivity index (χ3n) is 2.83. The van der Waals surface area contributed by atoms with E-state index in [0.29, 0.717) is 12.6 Å². The molecule has 1 fully saturated rings. The molecule has 1 unspecified atom stereocenters. The van der Waals surface area contributed by atoms with Crippen molar-refractivity contribution in [2.75, 3.05) is 13.1 Å². The van der Waals surface area contributed by atoms with Crippen LogP contribution in [-0.4, -0.2) is 39.7 Å². The van der Waals surface area contributed by atoms with Crippen LogP contribution in [0.4, 0.5) is 5.82 Å². The lowest BCUT2D eigenvalue weighted by Gasteiger charge is -2.10. The summed E-state index contributed by atoms with van der Waals surface area (Å²) in [5.41, 5.74) is 0. The third-order valence-corrected chi connectivity index (χ3v) is 2.83. The fraction of sp³-hybridized carbons (Fsp3) is 0.600. The van der Waals surface area contributed by atoms with Crippen molar-refractivity contribution >= 4 is 24.1 Å². The van der Waals surface area contributed by atoms with Gasteiger partial charge >= 0.3 is 5.82 Å². The molecule has 8 nitrogen and oxygen atoms in total. The van der Waals surface area contributed by atoms with Crippen LogP contribution in [0, 0.1) is 10.1 Å². The summed E-state index contributed by atoms with van der Waals surface area (Å²) in [6.45, 7) is 1.58. The normalized spacial score (nSPS) is 17.8. The van der Waals surface area contributed by atoms with Gasteiger partial charge in [-0.1, -0.05) is 0 Å². The van der Waals surface area contributed by atoms with E-state index in [1.54, 1.807) is 0 Å². The zero-order valence-electron chi connectivity index (χ0n) is 10.2. The molecule has 1 aromatic heterocycles. The number of nitrogens with zero attached hydrogens (tertiary/aromatic N) is 3. The van der Waals surface area contributed by atoms with Crippen molar-refractivity contribution in [1.82, 2.24) is 20.4 Å². The first-order chi connectivity index (χ1) is 8.65. The minimum atomic E-state index is -0.586. The van der Waals surface area contributed by atoms with Crippen LogP contribution in [0.15, 0.2) is 12.3 Å². The number of rotatable bonds is 5. The molecule has 1 saturated heterocycles. The van der Waals surface area contributed by atoms with Crippen molar-refractivity contribution in [3.8, 4) is 0 Å². The van der Waals surface area contributed by atoms with Gasteiger partial charge in [0.1, 0.15) is 6.54 Å². The van der Waals surface area contributed by atoms with E-state index in [4.69, 9.17) is 0 Å². The van der Waals surface area contributed by atoms with Gasteiger partial charge in [-0.3, -0.25) is 4.79 Å². The smallest absolute Gasteiger partial charge is 0.358 e. The van der Waals surface area contributed by atoms with E-state index >= 15 is 0 Å². The van der Waals surface area contributed by atoms with Crippen LogP contribution < -0.4 is 10.6 Å². The minimum Gasteiger partial charge on any atom is -0.358 e. The third kappa shape index (κ3) is 4.49. The van der Waals surface area contributed by atoms with Gasteiger partial charge < -0.3 is 20.7 Å². The number of nitro groups is 1. The lowest BCUT2D eigenvalue weighted by molar-refractivity contribution is -0.389. The second-order valence-electron chi connectivity index (χ2n) is 4.23. The molecule has 2 N–H and O–H groups in total. The molecule has 0 spiro atoms. The van der Waals surface area contributed by atoms with Crippen LogP contribution in [0.1, 0.15) is 12.8 Å². The number of nitrogens with one attached hydrogen (secondary N) is 2. The Morgan fingerprint density at radius 1 is 1.68 bits per heavy atom. The first kappa shape index (κ1) is 15.4. The number of amides is 1. The number of hydrogen-bond donors (Lipinski definition) is 2. The highest BCUT2D eigenvalue weighted by Crippen LogP contribution is 2.05. The highest BCUT2D eigenvalue weighted by Gasteiger charge is 2.16. The van der Waals surface area contributed by atoms with Gasteiger partial charge in [0.2, 0.25) is 5.91 Å². The van der Waals surface area contributed by atoms with E-state index in [2.05, 4.69) is 15.7 Å². The molecule has 2 rings (SSSR count). The van der Waals surface area contributed by atoms with E-state index in [0.717, 1.165) is 19.4 Å². The standard InChI is InChI=1S/C10H15N5O3.ClH/c16-10(12-6-8-2-1-4-11-8)7-14-5-3-9(13-14)15(17)18;/h3,5,8,11H,1-2,4,6-7H2,(H,12,16);1H. The van der Waals surface area contributed by atoms with Crippen molar-refractivity contribution in [3.05, 3.63) is 22.4 Å². The molecule has 106 valence electrons. The van der Waals surface area contributed by atoms with Crippen LogP contribution in [0.5, 0.6) is 0 Å².